The van der Waals surface area contributed by atoms with Crippen molar-refractivity contribution in [2.45, 2.75) is 64.5 Å². The molecule has 0 bridgehead atoms. The number of rotatable bonds is 11. The lowest BCUT2D eigenvalue weighted by atomic mass is 9.82. The molecule has 0 saturated heterocycles. The Morgan fingerprint density at radius 3 is 2.32 bits per heavy atom. The lowest BCUT2D eigenvalue weighted by Crippen LogP contribution is -2.45. The van der Waals surface area contributed by atoms with Crippen molar-refractivity contribution in [2.24, 2.45) is 17.8 Å². The van der Waals surface area contributed by atoms with Crippen LogP contribution in [0.2, 0.25) is 0 Å². The summed E-state index contributed by atoms with van der Waals surface area (Å²) in [5, 5.41) is 12.0. The average Bonchev–Trinajstić information content (AvgIpc) is 3.27. The summed E-state index contributed by atoms with van der Waals surface area (Å²) in [7, 11) is 0. The van der Waals surface area contributed by atoms with Gasteiger partial charge in [0.1, 0.15) is 6.10 Å². The largest absolute Gasteiger partial charge is 0.461 e. The first-order chi connectivity index (χ1) is 14.9. The van der Waals surface area contributed by atoms with E-state index in [4.69, 9.17) is 9.94 Å². The third-order valence-electron chi connectivity index (χ3n) is 5.66. The molecule has 31 heavy (non-hydrogen) atoms. The van der Waals surface area contributed by atoms with Crippen molar-refractivity contribution in [3.05, 3.63) is 48.6 Å². The maximum absolute atomic E-state index is 13.3. The highest BCUT2D eigenvalue weighted by atomic mass is 16.5. The molecule has 0 spiro atoms. The molecule has 0 radical (unpaired) electrons. The summed E-state index contributed by atoms with van der Waals surface area (Å²) in [4.78, 5) is 38.6. The molecule has 1 saturated carbocycles. The van der Waals surface area contributed by atoms with E-state index in [1.807, 2.05) is 19.9 Å². The summed E-state index contributed by atoms with van der Waals surface area (Å²) in [6.45, 7) is 7.56. The molecule has 1 aromatic carbocycles. The smallest absolute Gasteiger partial charge is 0.333 e. The van der Waals surface area contributed by atoms with Crippen LogP contribution in [0.5, 0.6) is 0 Å². The van der Waals surface area contributed by atoms with Crippen LogP contribution < -0.4 is 10.8 Å². The molecule has 2 amide bonds. The Morgan fingerprint density at radius 2 is 1.77 bits per heavy atom. The number of esters is 1. The molecule has 7 heteroatoms. The lowest BCUT2D eigenvalue weighted by molar-refractivity contribution is -0.153. The second-order valence-electron chi connectivity index (χ2n) is 8.54. The van der Waals surface area contributed by atoms with Gasteiger partial charge < -0.3 is 10.1 Å². The van der Waals surface area contributed by atoms with E-state index in [9.17, 15) is 14.4 Å². The Hall–Kier alpha value is -2.67. The first-order valence-corrected chi connectivity index (χ1v) is 11.0. The fourth-order valence-electron chi connectivity index (χ4n) is 4.09. The minimum atomic E-state index is -0.967. The first kappa shape index (κ1) is 24.6. The minimum Gasteiger partial charge on any atom is -0.461 e. The van der Waals surface area contributed by atoms with Crippen LogP contribution in [0.15, 0.2) is 43.0 Å². The fraction of sp³-hybridized carbons (Fsp3) is 0.542. The van der Waals surface area contributed by atoms with Crippen LogP contribution >= 0.6 is 0 Å². The number of allylic oxidation sites excluding steroid dienone is 1. The van der Waals surface area contributed by atoms with Crippen LogP contribution in [0, 0.1) is 17.8 Å². The van der Waals surface area contributed by atoms with E-state index < -0.39 is 35.7 Å². The van der Waals surface area contributed by atoms with Crippen LogP contribution in [-0.4, -0.2) is 29.1 Å². The Balaban J connectivity index is 2.27. The monoisotopic (exact) mass is 430 g/mol. The minimum absolute atomic E-state index is 0.121. The number of hydroxylamine groups is 1. The van der Waals surface area contributed by atoms with Gasteiger partial charge in [-0.15, -0.1) is 6.58 Å². The number of hydrogen-bond acceptors (Lipinski definition) is 5. The molecular weight excluding hydrogens is 396 g/mol. The third-order valence-corrected chi connectivity index (χ3v) is 5.66. The number of nitrogens with one attached hydrogen (secondary N) is 2. The second kappa shape index (κ2) is 12.2. The lowest BCUT2D eigenvalue weighted by Gasteiger charge is -2.28. The number of benzene rings is 1. The molecule has 1 aliphatic carbocycles. The molecule has 0 aliphatic heterocycles. The highest BCUT2D eigenvalue weighted by molar-refractivity contribution is 5.90. The van der Waals surface area contributed by atoms with Crippen LogP contribution in [0.4, 0.5) is 0 Å². The van der Waals surface area contributed by atoms with Gasteiger partial charge in [0.15, 0.2) is 6.04 Å². The van der Waals surface area contributed by atoms with E-state index in [0.717, 1.165) is 25.7 Å². The van der Waals surface area contributed by atoms with Gasteiger partial charge in [-0.1, -0.05) is 50.3 Å². The van der Waals surface area contributed by atoms with Crippen molar-refractivity contribution in [3.8, 4) is 0 Å². The molecule has 2 unspecified atom stereocenters. The van der Waals surface area contributed by atoms with Crippen molar-refractivity contribution in [1.82, 2.24) is 10.8 Å². The van der Waals surface area contributed by atoms with Crippen molar-refractivity contribution >= 4 is 17.8 Å². The van der Waals surface area contributed by atoms with Crippen molar-refractivity contribution in [1.29, 1.82) is 0 Å². The molecule has 170 valence electrons. The van der Waals surface area contributed by atoms with E-state index in [1.54, 1.807) is 35.8 Å². The maximum atomic E-state index is 13.3. The highest BCUT2D eigenvalue weighted by Gasteiger charge is 2.36. The number of carbonyl (C=O) groups excluding carboxylic acids is 3. The number of hydrogen-bond donors (Lipinski definition) is 3. The summed E-state index contributed by atoms with van der Waals surface area (Å²) in [6, 6.07) is 7.98. The van der Waals surface area contributed by atoms with Gasteiger partial charge in [0, 0.05) is 0 Å². The van der Waals surface area contributed by atoms with E-state index in [0.29, 0.717) is 12.0 Å². The van der Waals surface area contributed by atoms with Gasteiger partial charge in [-0.3, -0.25) is 14.8 Å². The van der Waals surface area contributed by atoms with Crippen molar-refractivity contribution < 1.29 is 24.3 Å². The summed E-state index contributed by atoms with van der Waals surface area (Å²) in [6.07, 6.45) is 5.76. The van der Waals surface area contributed by atoms with Crippen LogP contribution in [0.3, 0.4) is 0 Å². The van der Waals surface area contributed by atoms with Gasteiger partial charge in [0.2, 0.25) is 11.8 Å². The van der Waals surface area contributed by atoms with Crippen LogP contribution in [0.1, 0.15) is 64.0 Å². The molecule has 3 atom stereocenters. The Kier molecular flexibility index (Phi) is 9.72. The molecule has 0 aromatic heterocycles. The van der Waals surface area contributed by atoms with Gasteiger partial charge >= 0.3 is 5.97 Å². The van der Waals surface area contributed by atoms with E-state index in [2.05, 4.69) is 11.9 Å². The molecule has 1 fully saturated rings. The predicted octanol–water partition coefficient (Wildman–Crippen LogP) is 3.69. The molecule has 0 heterocycles. The zero-order valence-electron chi connectivity index (χ0n) is 18.4. The van der Waals surface area contributed by atoms with Gasteiger partial charge in [-0.2, -0.15) is 0 Å². The van der Waals surface area contributed by atoms with E-state index >= 15 is 0 Å². The molecule has 1 aromatic rings. The standard InChI is InChI=1S/C24H34N2O5/c1-4-10-19(23(28)26-30)20(15-16(2)3)22(27)25-21(17-11-6-5-7-12-17)24(29)31-18-13-8-9-14-18/h4-7,11-12,16,18-21,30H,1,8-10,13-15H2,2-3H3,(H,25,27)(H,26,28)/t19?,20?,21-/m0/s1. The number of ether oxygens (including phenoxy) is 1. The first-order valence-electron chi connectivity index (χ1n) is 11.0. The second-order valence-corrected chi connectivity index (χ2v) is 8.54. The number of carbonyl (C=O) groups is 3. The summed E-state index contributed by atoms with van der Waals surface area (Å²) in [5.74, 6) is -2.99. The van der Waals surface area contributed by atoms with E-state index in [1.165, 1.54) is 0 Å². The Morgan fingerprint density at radius 1 is 1.13 bits per heavy atom. The molecule has 7 nitrogen and oxygen atoms in total. The Bertz CT molecular complexity index is 744. The van der Waals surface area contributed by atoms with Crippen LogP contribution in [-0.2, 0) is 19.1 Å². The van der Waals surface area contributed by atoms with Crippen LogP contribution in [0.25, 0.3) is 0 Å². The van der Waals surface area contributed by atoms with E-state index in [-0.39, 0.29) is 18.4 Å². The van der Waals surface area contributed by atoms with Gasteiger partial charge in [0.25, 0.3) is 0 Å². The van der Waals surface area contributed by atoms with Gasteiger partial charge in [-0.05, 0) is 50.0 Å². The highest BCUT2D eigenvalue weighted by Crippen LogP contribution is 2.28. The SMILES string of the molecule is C=CCC(C(=O)NO)C(CC(C)C)C(=O)N[C@H](C(=O)OC1CCCC1)c1ccccc1. The zero-order chi connectivity index (χ0) is 22.8. The van der Waals surface area contributed by atoms with Crippen molar-refractivity contribution in [2.75, 3.05) is 0 Å². The van der Waals surface area contributed by atoms with Gasteiger partial charge in [0.05, 0.1) is 11.8 Å². The van der Waals surface area contributed by atoms with Gasteiger partial charge in [-0.25, -0.2) is 10.3 Å². The quantitative estimate of drug-likeness (QED) is 0.215. The summed E-state index contributed by atoms with van der Waals surface area (Å²) >= 11 is 0. The average molecular weight is 431 g/mol. The predicted molar refractivity (Wildman–Crippen MR) is 117 cm³/mol. The number of amides is 2. The summed E-state index contributed by atoms with van der Waals surface area (Å²) in [5.41, 5.74) is 2.28. The molecule has 1 aliphatic rings. The van der Waals surface area contributed by atoms with Crippen molar-refractivity contribution in [3.63, 3.8) is 0 Å². The topological polar surface area (TPSA) is 105 Å². The molecule has 3 N–H and O–H groups in total. The third kappa shape index (κ3) is 7.21. The summed E-state index contributed by atoms with van der Waals surface area (Å²) < 4.78 is 5.68. The normalized spacial score (nSPS) is 16.9. The maximum Gasteiger partial charge on any atom is 0.333 e. The zero-order valence-corrected chi connectivity index (χ0v) is 18.4. The Labute approximate surface area is 184 Å². The molecule has 2 rings (SSSR count). The molecular formula is C24H34N2O5. The fourth-order valence-corrected chi connectivity index (χ4v) is 4.09.